The molecule has 0 aliphatic carbocycles. The van der Waals surface area contributed by atoms with Gasteiger partial charge in [0.05, 0.1) is 30.8 Å². The Hall–Kier alpha value is -5.66. The highest BCUT2D eigenvalue weighted by molar-refractivity contribution is 6.00. The zero-order chi connectivity index (χ0) is 33.6. The number of amides is 3. The van der Waals surface area contributed by atoms with Crippen LogP contribution in [-0.2, 0) is 16.1 Å². The van der Waals surface area contributed by atoms with Gasteiger partial charge in [0.15, 0.2) is 11.5 Å². The van der Waals surface area contributed by atoms with Gasteiger partial charge in [0, 0.05) is 61.2 Å². The molecule has 3 N–H and O–H groups in total. The van der Waals surface area contributed by atoms with E-state index in [4.69, 9.17) is 19.8 Å². The van der Waals surface area contributed by atoms with Crippen molar-refractivity contribution in [2.75, 3.05) is 60.2 Å². The standard InChI is InChI=1S/C36H38N10O3/c1-2-32(47)39-27-9-5-25(6-10-27)23-44-17-3-4-30(24-44)46-35-31(22-38-46)34(45-18-20-49-21-19-45)42-33(43-35)26-7-11-28(12-8-26)40-36(48)41-29-13-15-37-16-14-29/h2,5-16,22,30H,1,3-4,17-21,23-24H2,(H,39,47)(H2,37,40,41,48). The fraction of sp³-hybridized carbons (Fsp3) is 0.278. The number of nitrogens with zero attached hydrogens (tertiary/aromatic N) is 7. The molecule has 5 aromatic rings. The lowest BCUT2D eigenvalue weighted by Gasteiger charge is -2.33. The predicted molar refractivity (Wildman–Crippen MR) is 189 cm³/mol. The van der Waals surface area contributed by atoms with E-state index in [9.17, 15) is 9.59 Å². The van der Waals surface area contributed by atoms with Gasteiger partial charge < -0.3 is 25.6 Å². The van der Waals surface area contributed by atoms with Gasteiger partial charge in [-0.1, -0.05) is 18.7 Å². The van der Waals surface area contributed by atoms with Crippen LogP contribution in [0.15, 0.2) is 91.9 Å². The van der Waals surface area contributed by atoms with Gasteiger partial charge in [0.2, 0.25) is 5.91 Å². The molecule has 2 fully saturated rings. The van der Waals surface area contributed by atoms with Crippen molar-refractivity contribution in [3.8, 4) is 11.4 Å². The zero-order valence-electron chi connectivity index (χ0n) is 27.1. The Labute approximate surface area is 284 Å². The number of nitrogens with one attached hydrogen (secondary N) is 3. The Kier molecular flexibility index (Phi) is 9.53. The number of pyridine rings is 1. The molecule has 2 aromatic carbocycles. The van der Waals surface area contributed by atoms with Crippen LogP contribution >= 0.6 is 0 Å². The molecule has 2 aliphatic heterocycles. The number of rotatable bonds is 9. The van der Waals surface area contributed by atoms with Crippen LogP contribution in [0.5, 0.6) is 0 Å². The molecule has 49 heavy (non-hydrogen) atoms. The lowest BCUT2D eigenvalue weighted by Crippen LogP contribution is -2.37. The van der Waals surface area contributed by atoms with Gasteiger partial charge in [0.1, 0.15) is 5.82 Å². The number of likely N-dealkylation sites (tertiary alicyclic amines) is 1. The highest BCUT2D eigenvalue weighted by Crippen LogP contribution is 2.32. The van der Waals surface area contributed by atoms with Crippen molar-refractivity contribution >= 4 is 45.9 Å². The van der Waals surface area contributed by atoms with Crippen LogP contribution in [0.4, 0.5) is 27.7 Å². The first-order valence-electron chi connectivity index (χ1n) is 16.4. The van der Waals surface area contributed by atoms with Crippen LogP contribution in [0.2, 0.25) is 0 Å². The summed E-state index contributed by atoms with van der Waals surface area (Å²) in [5, 5.41) is 14.3. The van der Waals surface area contributed by atoms with E-state index in [-0.39, 0.29) is 18.0 Å². The summed E-state index contributed by atoms with van der Waals surface area (Å²) in [5.74, 6) is 1.22. The average molecular weight is 659 g/mol. The smallest absolute Gasteiger partial charge is 0.323 e. The first-order chi connectivity index (χ1) is 24.0. The number of ether oxygens (including phenoxy) is 1. The van der Waals surface area contributed by atoms with Crippen LogP contribution in [0.25, 0.3) is 22.4 Å². The lowest BCUT2D eigenvalue weighted by molar-refractivity contribution is -0.111. The highest BCUT2D eigenvalue weighted by Gasteiger charge is 2.27. The molecule has 13 heteroatoms. The van der Waals surface area contributed by atoms with E-state index in [1.807, 2.05) is 54.7 Å². The number of carbonyl (C=O) groups is 2. The van der Waals surface area contributed by atoms with Crippen molar-refractivity contribution in [2.45, 2.75) is 25.4 Å². The summed E-state index contributed by atoms with van der Waals surface area (Å²) in [4.78, 5) is 43.0. The van der Waals surface area contributed by atoms with Gasteiger partial charge in [-0.2, -0.15) is 5.10 Å². The van der Waals surface area contributed by atoms with Gasteiger partial charge in [-0.3, -0.25) is 14.7 Å². The van der Waals surface area contributed by atoms with Crippen LogP contribution < -0.4 is 20.9 Å². The topological polar surface area (TPSA) is 142 Å². The van der Waals surface area contributed by atoms with Crippen LogP contribution in [0.3, 0.4) is 0 Å². The maximum absolute atomic E-state index is 12.5. The van der Waals surface area contributed by atoms with E-state index in [1.165, 1.54) is 11.6 Å². The summed E-state index contributed by atoms with van der Waals surface area (Å²) in [5.41, 5.74) is 4.87. The van der Waals surface area contributed by atoms with E-state index in [2.05, 4.69) is 42.0 Å². The molecule has 5 heterocycles. The second kappa shape index (κ2) is 14.6. The predicted octanol–water partition coefficient (Wildman–Crippen LogP) is 5.33. The molecule has 2 saturated heterocycles. The molecule has 2 aliphatic rings. The number of anilines is 4. The monoisotopic (exact) mass is 658 g/mol. The number of hydrogen-bond donors (Lipinski definition) is 3. The molecule has 0 radical (unpaired) electrons. The first-order valence-corrected chi connectivity index (χ1v) is 16.4. The molecule has 250 valence electrons. The molecule has 3 aromatic heterocycles. The Balaban J connectivity index is 1.12. The van der Waals surface area contributed by atoms with Crippen molar-refractivity contribution < 1.29 is 14.3 Å². The maximum Gasteiger partial charge on any atom is 0.323 e. The quantitative estimate of drug-likeness (QED) is 0.179. The molecule has 0 bridgehead atoms. The van der Waals surface area contributed by atoms with Gasteiger partial charge in [0.25, 0.3) is 0 Å². The second-order valence-electron chi connectivity index (χ2n) is 12.1. The minimum atomic E-state index is -0.342. The molecule has 0 saturated carbocycles. The number of carbonyl (C=O) groups excluding carboxylic acids is 2. The van der Waals surface area contributed by atoms with Crippen molar-refractivity contribution in [3.05, 3.63) is 97.5 Å². The van der Waals surface area contributed by atoms with Crippen LogP contribution in [0.1, 0.15) is 24.4 Å². The summed E-state index contributed by atoms with van der Waals surface area (Å²) in [7, 11) is 0. The van der Waals surface area contributed by atoms with E-state index >= 15 is 0 Å². The minimum Gasteiger partial charge on any atom is -0.378 e. The zero-order valence-corrected chi connectivity index (χ0v) is 27.1. The normalized spacial score (nSPS) is 16.7. The van der Waals surface area contributed by atoms with Gasteiger partial charge in [-0.25, -0.2) is 19.4 Å². The number of urea groups is 1. The average Bonchev–Trinajstić information content (AvgIpc) is 3.57. The minimum absolute atomic E-state index is 0.142. The van der Waals surface area contributed by atoms with Gasteiger partial charge in [-0.15, -0.1) is 0 Å². The first kappa shape index (κ1) is 31.9. The fourth-order valence-electron chi connectivity index (χ4n) is 6.27. The van der Waals surface area contributed by atoms with E-state index < -0.39 is 0 Å². The molecule has 7 rings (SSSR count). The number of fused-ring (bicyclic) bond motifs is 1. The summed E-state index contributed by atoms with van der Waals surface area (Å²) in [6.45, 7) is 8.88. The number of aromatic nitrogens is 5. The fourth-order valence-corrected chi connectivity index (χ4v) is 6.27. The third-order valence-electron chi connectivity index (χ3n) is 8.72. The maximum atomic E-state index is 12.5. The van der Waals surface area contributed by atoms with Crippen LogP contribution in [-0.4, -0.2) is 81.0 Å². The van der Waals surface area contributed by atoms with E-state index in [1.54, 1.807) is 24.5 Å². The third-order valence-corrected chi connectivity index (χ3v) is 8.72. The molecule has 1 unspecified atom stereocenters. The Morgan fingerprint density at radius 1 is 0.878 bits per heavy atom. The third kappa shape index (κ3) is 7.58. The molecule has 1 atom stereocenters. The van der Waals surface area contributed by atoms with E-state index in [0.29, 0.717) is 30.4 Å². The van der Waals surface area contributed by atoms with Crippen molar-refractivity contribution in [1.82, 2.24) is 29.6 Å². The van der Waals surface area contributed by atoms with Gasteiger partial charge in [-0.05, 0) is 79.6 Å². The Morgan fingerprint density at radius 2 is 1.57 bits per heavy atom. The molecule has 3 amide bonds. The summed E-state index contributed by atoms with van der Waals surface area (Å²) in [6, 6.07) is 18.7. The lowest BCUT2D eigenvalue weighted by atomic mass is 10.0. The number of morpholine rings is 1. The number of piperidine rings is 1. The second-order valence-corrected chi connectivity index (χ2v) is 12.1. The van der Waals surface area contributed by atoms with Crippen molar-refractivity contribution in [3.63, 3.8) is 0 Å². The summed E-state index contributed by atoms with van der Waals surface area (Å²) < 4.78 is 7.72. The summed E-state index contributed by atoms with van der Waals surface area (Å²) in [6.07, 6.45) is 8.44. The number of benzene rings is 2. The van der Waals surface area contributed by atoms with E-state index in [0.717, 1.165) is 73.7 Å². The van der Waals surface area contributed by atoms with Crippen molar-refractivity contribution in [2.24, 2.45) is 0 Å². The number of hydrogen-bond acceptors (Lipinski definition) is 9. The molecular formula is C36H38N10O3. The molecule has 13 nitrogen and oxygen atoms in total. The van der Waals surface area contributed by atoms with Gasteiger partial charge >= 0.3 is 6.03 Å². The highest BCUT2D eigenvalue weighted by atomic mass is 16.5. The largest absolute Gasteiger partial charge is 0.378 e. The molecular weight excluding hydrogens is 620 g/mol. The molecule has 0 spiro atoms. The Morgan fingerprint density at radius 3 is 2.31 bits per heavy atom. The van der Waals surface area contributed by atoms with Crippen LogP contribution in [0, 0.1) is 0 Å². The summed E-state index contributed by atoms with van der Waals surface area (Å²) >= 11 is 0. The Bertz CT molecular complexity index is 1920. The van der Waals surface area contributed by atoms with Crippen molar-refractivity contribution in [1.29, 1.82) is 0 Å². The SMILES string of the molecule is C=CC(=O)Nc1ccc(CN2CCCC(n3ncc4c(N5CCOCC5)nc(-c5ccc(NC(=O)Nc6ccncc6)cc5)nc43)C2)cc1.